The minimum Gasteiger partial charge on any atom is -0.370 e. The molecule has 1 aliphatic heterocycles. The summed E-state index contributed by atoms with van der Waals surface area (Å²) >= 11 is 1.75. The minimum atomic E-state index is 0.199. The third-order valence-electron chi connectivity index (χ3n) is 3.43. The van der Waals surface area contributed by atoms with Crippen molar-refractivity contribution in [2.45, 2.75) is 26.1 Å². The van der Waals surface area contributed by atoms with Gasteiger partial charge in [-0.05, 0) is 18.4 Å². The molecule has 0 saturated carbocycles. The zero-order valence-corrected chi connectivity index (χ0v) is 11.7. The highest BCUT2D eigenvalue weighted by molar-refractivity contribution is 7.09. The van der Waals surface area contributed by atoms with Crippen LogP contribution in [0.2, 0.25) is 0 Å². The Morgan fingerprint density at radius 3 is 3.16 bits per heavy atom. The van der Waals surface area contributed by atoms with Gasteiger partial charge >= 0.3 is 0 Å². The number of aliphatic imine (C=N–C) groups is 1. The molecule has 0 amide bonds. The van der Waals surface area contributed by atoms with Gasteiger partial charge in [0.05, 0.1) is 37.3 Å². The summed E-state index contributed by atoms with van der Waals surface area (Å²) in [6.45, 7) is 4.56. The second kappa shape index (κ2) is 5.05. The molecule has 2 aromatic heterocycles. The fraction of sp³-hybridized carbons (Fsp3) is 0.385. The van der Waals surface area contributed by atoms with Crippen LogP contribution in [-0.2, 0) is 13.1 Å². The maximum Gasteiger partial charge on any atom is 0.192 e. The van der Waals surface area contributed by atoms with Crippen molar-refractivity contribution in [1.29, 1.82) is 0 Å². The Morgan fingerprint density at radius 2 is 2.42 bits per heavy atom. The first-order valence-electron chi connectivity index (χ1n) is 6.38. The summed E-state index contributed by atoms with van der Waals surface area (Å²) in [5.74, 6) is 0.627. The molecule has 6 heteroatoms. The van der Waals surface area contributed by atoms with Crippen LogP contribution in [0.3, 0.4) is 0 Å². The van der Waals surface area contributed by atoms with Gasteiger partial charge in [-0.1, -0.05) is 6.07 Å². The molecule has 0 radical (unpaired) electrons. The molecule has 1 unspecified atom stereocenters. The van der Waals surface area contributed by atoms with Crippen molar-refractivity contribution < 1.29 is 0 Å². The molecule has 2 N–H and O–H groups in total. The number of aromatic nitrogens is 2. The predicted octanol–water partition coefficient (Wildman–Crippen LogP) is 1.84. The first kappa shape index (κ1) is 12.2. The first-order valence-corrected chi connectivity index (χ1v) is 7.26. The summed E-state index contributed by atoms with van der Waals surface area (Å²) in [7, 11) is 0. The molecule has 0 aromatic carbocycles. The lowest BCUT2D eigenvalue weighted by molar-refractivity contribution is 0.329. The summed E-state index contributed by atoms with van der Waals surface area (Å²) in [5, 5.41) is 2.09. The maximum absolute atomic E-state index is 6.03. The van der Waals surface area contributed by atoms with E-state index in [0.29, 0.717) is 12.5 Å². The zero-order valence-electron chi connectivity index (χ0n) is 10.9. The third-order valence-corrected chi connectivity index (χ3v) is 4.29. The topological polar surface area (TPSA) is 59.4 Å². The summed E-state index contributed by atoms with van der Waals surface area (Å²) in [5.41, 5.74) is 7.22. The van der Waals surface area contributed by atoms with Gasteiger partial charge in [0.15, 0.2) is 5.96 Å². The number of thiophene rings is 1. The number of hydrogen-bond donors (Lipinski definition) is 1. The van der Waals surface area contributed by atoms with Gasteiger partial charge in [-0.2, -0.15) is 0 Å². The van der Waals surface area contributed by atoms with Crippen LogP contribution >= 0.6 is 11.3 Å². The Hall–Kier alpha value is -1.82. The van der Waals surface area contributed by atoms with Gasteiger partial charge in [0.2, 0.25) is 0 Å². The molecular formula is C13H17N5S. The highest BCUT2D eigenvalue weighted by Crippen LogP contribution is 2.28. The van der Waals surface area contributed by atoms with Crippen LogP contribution in [0.1, 0.15) is 23.5 Å². The van der Waals surface area contributed by atoms with Crippen LogP contribution in [0.25, 0.3) is 0 Å². The summed E-state index contributed by atoms with van der Waals surface area (Å²) in [4.78, 5) is 12.1. The molecule has 100 valence electrons. The van der Waals surface area contributed by atoms with Gasteiger partial charge in [0.25, 0.3) is 0 Å². The van der Waals surface area contributed by atoms with Gasteiger partial charge in [-0.15, -0.1) is 11.3 Å². The normalized spacial score (nSPS) is 18.9. The summed E-state index contributed by atoms with van der Waals surface area (Å²) < 4.78 is 2.15. The van der Waals surface area contributed by atoms with Crippen LogP contribution in [0.4, 0.5) is 0 Å². The van der Waals surface area contributed by atoms with Crippen LogP contribution in [-0.4, -0.2) is 27.0 Å². The van der Waals surface area contributed by atoms with Crippen molar-refractivity contribution in [1.82, 2.24) is 14.5 Å². The van der Waals surface area contributed by atoms with E-state index >= 15 is 0 Å². The Labute approximate surface area is 116 Å². The van der Waals surface area contributed by atoms with Crippen molar-refractivity contribution >= 4 is 17.3 Å². The van der Waals surface area contributed by atoms with Crippen LogP contribution in [0.5, 0.6) is 0 Å². The Kier molecular flexibility index (Phi) is 3.25. The Morgan fingerprint density at radius 1 is 1.53 bits per heavy atom. The standard InChI is InChI=1S/C13H17N5S/c1-2-17-9-15-6-11(17)12-7-16-13(14)18(12)8-10-4-3-5-19-10/h3-6,9,12H,2,7-8H2,1H3,(H2,14,16). The number of imidazole rings is 1. The van der Waals surface area contributed by atoms with Crippen LogP contribution in [0.15, 0.2) is 35.0 Å². The van der Waals surface area contributed by atoms with E-state index in [4.69, 9.17) is 5.73 Å². The molecule has 0 aliphatic carbocycles. The molecule has 19 heavy (non-hydrogen) atoms. The molecular weight excluding hydrogens is 258 g/mol. The summed E-state index contributed by atoms with van der Waals surface area (Å²) in [6.07, 6.45) is 3.79. The molecule has 2 aromatic rings. The van der Waals surface area contributed by atoms with Crippen molar-refractivity contribution in [2.24, 2.45) is 10.7 Å². The van der Waals surface area contributed by atoms with Crippen molar-refractivity contribution in [3.8, 4) is 0 Å². The lowest BCUT2D eigenvalue weighted by Crippen LogP contribution is -2.36. The zero-order chi connectivity index (χ0) is 13.2. The SMILES string of the molecule is CCn1cncc1C1CN=C(N)N1Cc1cccs1. The highest BCUT2D eigenvalue weighted by atomic mass is 32.1. The quantitative estimate of drug-likeness (QED) is 0.926. The molecule has 1 atom stereocenters. The van der Waals surface area contributed by atoms with Gasteiger partial charge in [-0.25, -0.2) is 4.98 Å². The second-order valence-corrected chi connectivity index (χ2v) is 5.56. The van der Waals surface area contributed by atoms with Gasteiger partial charge in [0, 0.05) is 11.4 Å². The molecule has 1 aliphatic rings. The molecule has 5 nitrogen and oxygen atoms in total. The van der Waals surface area contributed by atoms with Crippen LogP contribution < -0.4 is 5.73 Å². The van der Waals surface area contributed by atoms with Gasteiger partial charge in [0.1, 0.15) is 0 Å². The van der Waals surface area contributed by atoms with Crippen molar-refractivity contribution in [2.75, 3.05) is 6.54 Å². The third kappa shape index (κ3) is 2.23. The van der Waals surface area contributed by atoms with E-state index in [1.807, 2.05) is 12.5 Å². The number of nitrogens with zero attached hydrogens (tertiary/aromatic N) is 4. The molecule has 3 rings (SSSR count). The smallest absolute Gasteiger partial charge is 0.192 e. The van der Waals surface area contributed by atoms with E-state index in [9.17, 15) is 0 Å². The summed E-state index contributed by atoms with van der Waals surface area (Å²) in [6, 6.07) is 4.39. The van der Waals surface area contributed by atoms with E-state index in [1.165, 1.54) is 10.6 Å². The first-order chi connectivity index (χ1) is 9.29. The molecule has 0 saturated heterocycles. The number of hydrogen-bond acceptors (Lipinski definition) is 5. The highest BCUT2D eigenvalue weighted by Gasteiger charge is 2.29. The predicted molar refractivity (Wildman–Crippen MR) is 77.0 cm³/mol. The number of guanidine groups is 1. The molecule has 0 bridgehead atoms. The monoisotopic (exact) mass is 275 g/mol. The Bertz CT molecular complexity index is 572. The number of rotatable bonds is 4. The van der Waals surface area contributed by atoms with Gasteiger partial charge < -0.3 is 15.2 Å². The van der Waals surface area contributed by atoms with E-state index in [2.05, 4.69) is 43.9 Å². The maximum atomic E-state index is 6.03. The lowest BCUT2D eigenvalue weighted by Gasteiger charge is -2.26. The van der Waals surface area contributed by atoms with E-state index < -0.39 is 0 Å². The fourth-order valence-corrected chi connectivity index (χ4v) is 3.12. The number of aryl methyl sites for hydroxylation is 1. The Balaban J connectivity index is 1.85. The van der Waals surface area contributed by atoms with E-state index in [0.717, 1.165) is 13.1 Å². The van der Waals surface area contributed by atoms with E-state index in [-0.39, 0.29) is 6.04 Å². The van der Waals surface area contributed by atoms with Crippen LogP contribution in [0, 0.1) is 0 Å². The lowest BCUT2D eigenvalue weighted by atomic mass is 10.2. The largest absolute Gasteiger partial charge is 0.370 e. The molecule has 0 fully saturated rings. The molecule has 3 heterocycles. The van der Waals surface area contributed by atoms with E-state index in [1.54, 1.807) is 11.3 Å². The second-order valence-electron chi connectivity index (χ2n) is 4.53. The van der Waals surface area contributed by atoms with Crippen molar-refractivity contribution in [3.05, 3.63) is 40.6 Å². The van der Waals surface area contributed by atoms with Crippen molar-refractivity contribution in [3.63, 3.8) is 0 Å². The average Bonchev–Trinajstić information content (AvgIpc) is 3.12. The fourth-order valence-electron chi connectivity index (χ4n) is 2.42. The van der Waals surface area contributed by atoms with Gasteiger partial charge in [-0.3, -0.25) is 4.99 Å². The molecule has 0 spiro atoms. The average molecular weight is 275 g/mol. The minimum absolute atomic E-state index is 0.199. The number of nitrogens with two attached hydrogens (primary N) is 1.